The molecule has 32 heavy (non-hydrogen) atoms. The molecule has 0 unspecified atom stereocenters. The van der Waals surface area contributed by atoms with E-state index in [0.29, 0.717) is 6.04 Å². The van der Waals surface area contributed by atoms with Gasteiger partial charge in [0.1, 0.15) is 0 Å². The van der Waals surface area contributed by atoms with E-state index < -0.39 is 0 Å². The molecule has 170 valence electrons. The number of anilines is 2. The second-order valence-corrected chi connectivity index (χ2v) is 10.0. The average Bonchev–Trinajstić information content (AvgIpc) is 2.93. The number of carbonyl (C=O) groups is 2. The lowest BCUT2D eigenvalue weighted by molar-refractivity contribution is -0.134. The first-order valence-electron chi connectivity index (χ1n) is 11.9. The molecule has 1 fully saturated rings. The molecule has 0 aromatic heterocycles. The van der Waals surface area contributed by atoms with Crippen LogP contribution in [0, 0.1) is 0 Å². The predicted molar refractivity (Wildman–Crippen MR) is 129 cm³/mol. The molecule has 0 spiro atoms. The Morgan fingerprint density at radius 1 is 0.875 bits per heavy atom. The lowest BCUT2D eigenvalue weighted by Gasteiger charge is -2.40. The van der Waals surface area contributed by atoms with Gasteiger partial charge in [-0.15, -0.1) is 0 Å². The standard InChI is InChI=1S/C27H35N3O2/c1-27(2,3)28-25(31)14-15-26(32)29-18-16-22(17-19-29)30-23-10-6-4-8-20(23)12-13-21-9-5-7-11-24(21)30/h4-11,22H,12-19H2,1-3H3,(H,28,31). The van der Waals surface area contributed by atoms with Gasteiger partial charge in [0.15, 0.2) is 0 Å². The Morgan fingerprint density at radius 2 is 1.41 bits per heavy atom. The van der Waals surface area contributed by atoms with Crippen molar-refractivity contribution in [1.29, 1.82) is 0 Å². The van der Waals surface area contributed by atoms with Gasteiger partial charge in [0, 0.05) is 48.9 Å². The van der Waals surface area contributed by atoms with Crippen LogP contribution in [0.2, 0.25) is 0 Å². The van der Waals surface area contributed by atoms with Crippen LogP contribution >= 0.6 is 0 Å². The van der Waals surface area contributed by atoms with Gasteiger partial charge in [-0.25, -0.2) is 0 Å². The zero-order valence-electron chi connectivity index (χ0n) is 19.6. The van der Waals surface area contributed by atoms with Crippen LogP contribution in [0.3, 0.4) is 0 Å². The van der Waals surface area contributed by atoms with Crippen LogP contribution in [0.4, 0.5) is 11.4 Å². The summed E-state index contributed by atoms with van der Waals surface area (Å²) in [6.07, 6.45) is 4.51. The quantitative estimate of drug-likeness (QED) is 0.766. The number of amides is 2. The topological polar surface area (TPSA) is 52.7 Å². The van der Waals surface area contributed by atoms with Gasteiger partial charge < -0.3 is 15.1 Å². The molecule has 2 amide bonds. The lowest BCUT2D eigenvalue weighted by Crippen LogP contribution is -2.46. The fourth-order valence-corrected chi connectivity index (χ4v) is 4.94. The molecule has 0 bridgehead atoms. The summed E-state index contributed by atoms with van der Waals surface area (Å²) in [6, 6.07) is 17.8. The predicted octanol–water partition coefficient (Wildman–Crippen LogP) is 4.61. The van der Waals surface area contributed by atoms with E-state index in [1.54, 1.807) is 0 Å². The van der Waals surface area contributed by atoms with Gasteiger partial charge in [-0.05, 0) is 69.7 Å². The molecule has 2 aliphatic rings. The van der Waals surface area contributed by atoms with Crippen molar-refractivity contribution in [3.05, 3.63) is 59.7 Å². The molecule has 2 heterocycles. The molecule has 0 aliphatic carbocycles. The number of fused-ring (bicyclic) bond motifs is 2. The highest BCUT2D eigenvalue weighted by atomic mass is 16.2. The Kier molecular flexibility index (Phi) is 6.54. The van der Waals surface area contributed by atoms with Crippen molar-refractivity contribution in [3.8, 4) is 0 Å². The molecule has 5 heteroatoms. The number of benzene rings is 2. The van der Waals surface area contributed by atoms with Crippen LogP contribution in [-0.2, 0) is 22.4 Å². The lowest BCUT2D eigenvalue weighted by atomic mass is 9.99. The minimum absolute atomic E-state index is 0.0569. The summed E-state index contributed by atoms with van der Waals surface area (Å²) >= 11 is 0. The van der Waals surface area contributed by atoms with E-state index in [4.69, 9.17) is 0 Å². The van der Waals surface area contributed by atoms with Gasteiger partial charge in [-0.3, -0.25) is 9.59 Å². The Hall–Kier alpha value is -2.82. The summed E-state index contributed by atoms with van der Waals surface area (Å²) in [5.74, 6) is 0.0303. The van der Waals surface area contributed by atoms with Crippen LogP contribution in [-0.4, -0.2) is 41.4 Å². The van der Waals surface area contributed by atoms with Crippen molar-refractivity contribution in [2.24, 2.45) is 0 Å². The second kappa shape index (κ2) is 9.35. The van der Waals surface area contributed by atoms with Gasteiger partial charge in [0.2, 0.25) is 11.8 Å². The van der Waals surface area contributed by atoms with Crippen molar-refractivity contribution in [1.82, 2.24) is 10.2 Å². The third-order valence-electron chi connectivity index (χ3n) is 6.43. The van der Waals surface area contributed by atoms with E-state index in [-0.39, 0.29) is 30.2 Å². The minimum atomic E-state index is -0.266. The van der Waals surface area contributed by atoms with Crippen molar-refractivity contribution in [2.75, 3.05) is 18.0 Å². The Labute approximate surface area is 191 Å². The largest absolute Gasteiger partial charge is 0.351 e. The molecular weight excluding hydrogens is 398 g/mol. The van der Waals surface area contributed by atoms with Crippen LogP contribution in [0.1, 0.15) is 57.6 Å². The zero-order valence-corrected chi connectivity index (χ0v) is 19.6. The smallest absolute Gasteiger partial charge is 0.223 e. The first kappa shape index (κ1) is 22.4. The van der Waals surface area contributed by atoms with Crippen LogP contribution in [0.15, 0.2) is 48.5 Å². The Balaban J connectivity index is 1.42. The highest BCUT2D eigenvalue weighted by Gasteiger charge is 2.31. The molecule has 0 saturated carbocycles. The molecular formula is C27H35N3O2. The molecule has 4 rings (SSSR count). The number of hydrogen-bond donors (Lipinski definition) is 1. The summed E-state index contributed by atoms with van der Waals surface area (Å²) in [4.78, 5) is 29.3. The van der Waals surface area contributed by atoms with Crippen molar-refractivity contribution < 1.29 is 9.59 Å². The first-order chi connectivity index (χ1) is 15.3. The molecule has 2 aromatic carbocycles. The molecule has 0 radical (unpaired) electrons. The van der Waals surface area contributed by atoms with Crippen molar-refractivity contribution in [3.63, 3.8) is 0 Å². The number of likely N-dealkylation sites (tertiary alicyclic amines) is 1. The monoisotopic (exact) mass is 433 g/mol. The number of rotatable bonds is 4. The minimum Gasteiger partial charge on any atom is -0.351 e. The van der Waals surface area contributed by atoms with E-state index in [1.165, 1.54) is 22.5 Å². The van der Waals surface area contributed by atoms with Gasteiger partial charge >= 0.3 is 0 Å². The van der Waals surface area contributed by atoms with E-state index >= 15 is 0 Å². The zero-order chi connectivity index (χ0) is 22.7. The number of hydrogen-bond acceptors (Lipinski definition) is 3. The molecule has 5 nitrogen and oxygen atoms in total. The van der Waals surface area contributed by atoms with Crippen LogP contribution in [0.5, 0.6) is 0 Å². The third kappa shape index (κ3) is 5.14. The summed E-state index contributed by atoms with van der Waals surface area (Å²) in [5.41, 5.74) is 5.14. The summed E-state index contributed by atoms with van der Waals surface area (Å²) in [7, 11) is 0. The number of aryl methyl sites for hydroxylation is 2. The first-order valence-corrected chi connectivity index (χ1v) is 11.9. The SMILES string of the molecule is CC(C)(C)NC(=O)CCC(=O)N1CCC(N2c3ccccc3CCc3ccccc32)CC1. The van der Waals surface area contributed by atoms with E-state index in [0.717, 1.165) is 38.8 Å². The van der Waals surface area contributed by atoms with E-state index in [1.807, 2.05) is 25.7 Å². The van der Waals surface area contributed by atoms with E-state index in [9.17, 15) is 9.59 Å². The second-order valence-electron chi connectivity index (χ2n) is 10.0. The molecule has 1 saturated heterocycles. The summed E-state index contributed by atoms with van der Waals surface area (Å²) in [5, 5.41) is 2.94. The van der Waals surface area contributed by atoms with Gasteiger partial charge in [-0.1, -0.05) is 36.4 Å². The number of nitrogens with zero attached hydrogens (tertiary/aromatic N) is 2. The van der Waals surface area contributed by atoms with Gasteiger partial charge in [-0.2, -0.15) is 0 Å². The normalized spacial score (nSPS) is 16.7. The maximum absolute atomic E-state index is 12.7. The Morgan fingerprint density at radius 3 is 1.94 bits per heavy atom. The van der Waals surface area contributed by atoms with Crippen molar-refractivity contribution in [2.45, 2.75) is 70.9 Å². The highest BCUT2D eigenvalue weighted by molar-refractivity contribution is 5.84. The average molecular weight is 434 g/mol. The maximum Gasteiger partial charge on any atom is 0.223 e. The third-order valence-corrected chi connectivity index (χ3v) is 6.43. The fraction of sp³-hybridized carbons (Fsp3) is 0.481. The number of carbonyl (C=O) groups excluding carboxylic acids is 2. The van der Waals surface area contributed by atoms with Crippen molar-refractivity contribution >= 4 is 23.2 Å². The maximum atomic E-state index is 12.7. The fourth-order valence-electron chi connectivity index (χ4n) is 4.94. The molecule has 2 aliphatic heterocycles. The van der Waals surface area contributed by atoms with Gasteiger partial charge in [0.25, 0.3) is 0 Å². The summed E-state index contributed by atoms with van der Waals surface area (Å²) in [6.45, 7) is 7.35. The van der Waals surface area contributed by atoms with E-state index in [2.05, 4.69) is 58.7 Å². The van der Waals surface area contributed by atoms with Gasteiger partial charge in [0.05, 0.1) is 0 Å². The molecule has 0 atom stereocenters. The summed E-state index contributed by atoms with van der Waals surface area (Å²) < 4.78 is 0. The molecule has 1 N–H and O–H groups in total. The van der Waals surface area contributed by atoms with Crippen LogP contribution in [0.25, 0.3) is 0 Å². The van der Waals surface area contributed by atoms with Crippen LogP contribution < -0.4 is 10.2 Å². The number of piperidine rings is 1. The number of para-hydroxylation sites is 2. The highest BCUT2D eigenvalue weighted by Crippen LogP contribution is 2.39. The molecule has 2 aromatic rings. The Bertz CT molecular complexity index is 923. The number of nitrogens with one attached hydrogen (secondary N) is 1.